The molecule has 2 amide bonds. The summed E-state index contributed by atoms with van der Waals surface area (Å²) in [6.07, 6.45) is 4.09. The monoisotopic (exact) mass is 455 g/mol. The van der Waals surface area contributed by atoms with Crippen LogP contribution in [0.5, 0.6) is 0 Å². The van der Waals surface area contributed by atoms with Crippen LogP contribution in [0.15, 0.2) is 24.3 Å². The van der Waals surface area contributed by atoms with Gasteiger partial charge in [-0.15, -0.1) is 0 Å². The molecule has 2 aromatic rings. The number of anilines is 1. The summed E-state index contributed by atoms with van der Waals surface area (Å²) in [6.45, 7) is 4.58. The van der Waals surface area contributed by atoms with E-state index in [1.807, 2.05) is 0 Å². The molecule has 1 fully saturated rings. The Hall–Kier alpha value is -3.62. The van der Waals surface area contributed by atoms with E-state index in [2.05, 4.69) is 15.6 Å². The first kappa shape index (κ1) is 24.0. The number of ether oxygens (including phenoxy) is 2. The molecule has 3 N–H and O–H groups in total. The maximum atomic E-state index is 12.6. The van der Waals surface area contributed by atoms with E-state index in [4.69, 9.17) is 9.47 Å². The number of amides is 2. The highest BCUT2D eigenvalue weighted by Crippen LogP contribution is 2.21. The number of hydrogen-bond donors (Lipinski definition) is 3. The quantitative estimate of drug-likeness (QED) is 0.525. The van der Waals surface area contributed by atoms with Gasteiger partial charge >= 0.3 is 11.9 Å². The molecule has 1 aromatic heterocycles. The van der Waals surface area contributed by atoms with E-state index in [9.17, 15) is 19.2 Å². The van der Waals surface area contributed by atoms with Crippen molar-refractivity contribution in [1.82, 2.24) is 10.3 Å². The van der Waals surface area contributed by atoms with E-state index in [1.165, 1.54) is 0 Å². The van der Waals surface area contributed by atoms with Crippen LogP contribution in [0.4, 0.5) is 5.69 Å². The fourth-order valence-electron chi connectivity index (χ4n) is 3.98. The predicted octanol–water partition coefficient (Wildman–Crippen LogP) is 3.28. The Morgan fingerprint density at radius 1 is 1.03 bits per heavy atom. The molecule has 9 heteroatoms. The Morgan fingerprint density at radius 2 is 1.73 bits per heavy atom. The largest absolute Gasteiger partial charge is 0.461 e. The van der Waals surface area contributed by atoms with Crippen LogP contribution in [-0.2, 0) is 14.3 Å². The minimum Gasteiger partial charge on any atom is -0.461 e. The van der Waals surface area contributed by atoms with Gasteiger partial charge in [0.25, 0.3) is 11.8 Å². The third-order valence-electron chi connectivity index (χ3n) is 5.59. The molecule has 0 radical (unpaired) electrons. The van der Waals surface area contributed by atoms with Crippen molar-refractivity contribution in [3.63, 3.8) is 0 Å². The van der Waals surface area contributed by atoms with Gasteiger partial charge in [0.1, 0.15) is 5.69 Å². The minimum atomic E-state index is -0.737. The van der Waals surface area contributed by atoms with Crippen LogP contribution >= 0.6 is 0 Å². The topological polar surface area (TPSA) is 127 Å². The first-order valence-electron chi connectivity index (χ1n) is 11.0. The number of para-hydroxylation sites is 1. The average molecular weight is 456 g/mol. The van der Waals surface area contributed by atoms with Crippen LogP contribution in [0, 0.1) is 13.8 Å². The zero-order chi connectivity index (χ0) is 24.0. The molecule has 1 heterocycles. The zero-order valence-electron chi connectivity index (χ0n) is 19.1. The molecule has 1 saturated carbocycles. The summed E-state index contributed by atoms with van der Waals surface area (Å²) in [7, 11) is 0. The Kier molecular flexibility index (Phi) is 7.87. The summed E-state index contributed by atoms with van der Waals surface area (Å²) in [5.41, 5.74) is 1.88. The van der Waals surface area contributed by atoms with Crippen molar-refractivity contribution < 1.29 is 28.7 Å². The second kappa shape index (κ2) is 10.8. The molecule has 0 bridgehead atoms. The van der Waals surface area contributed by atoms with Gasteiger partial charge in [0.2, 0.25) is 0 Å². The SMILES string of the molecule is CCOC(=O)c1[nH]c(C)c(C(=O)OCC(=O)Nc2ccccc2C(=O)NC2CCCC2)c1C. The Bertz CT molecular complexity index is 1050. The second-order valence-corrected chi connectivity index (χ2v) is 7.97. The number of aromatic amines is 1. The lowest BCUT2D eigenvalue weighted by molar-refractivity contribution is -0.119. The van der Waals surface area contributed by atoms with Crippen LogP contribution in [0.25, 0.3) is 0 Å². The molecule has 0 saturated heterocycles. The van der Waals surface area contributed by atoms with E-state index in [-0.39, 0.29) is 29.8 Å². The fraction of sp³-hybridized carbons (Fsp3) is 0.417. The number of carbonyl (C=O) groups excluding carboxylic acids is 4. The molecular formula is C24H29N3O6. The highest BCUT2D eigenvalue weighted by Gasteiger charge is 2.25. The number of aryl methyl sites for hydroxylation is 1. The Morgan fingerprint density at radius 3 is 2.42 bits per heavy atom. The molecule has 33 heavy (non-hydrogen) atoms. The molecule has 0 aliphatic heterocycles. The Balaban J connectivity index is 1.62. The number of esters is 2. The molecule has 9 nitrogen and oxygen atoms in total. The van der Waals surface area contributed by atoms with Crippen molar-refractivity contribution in [2.24, 2.45) is 0 Å². The molecule has 0 unspecified atom stereocenters. The number of H-pyrrole nitrogens is 1. The number of nitrogens with one attached hydrogen (secondary N) is 3. The smallest absolute Gasteiger partial charge is 0.355 e. The standard InChI is InChI=1S/C24H29N3O6/c1-4-32-24(31)21-14(2)20(15(3)25-21)23(30)33-13-19(28)27-18-12-8-7-11-17(18)22(29)26-16-9-5-6-10-16/h7-8,11-12,16,25H,4-6,9-10,13H2,1-3H3,(H,26,29)(H,27,28). The third-order valence-corrected chi connectivity index (χ3v) is 5.59. The van der Waals surface area contributed by atoms with Gasteiger partial charge in [-0.3, -0.25) is 9.59 Å². The molecule has 1 aromatic carbocycles. The van der Waals surface area contributed by atoms with E-state index < -0.39 is 24.5 Å². The van der Waals surface area contributed by atoms with Gasteiger partial charge in [-0.1, -0.05) is 25.0 Å². The van der Waals surface area contributed by atoms with Crippen LogP contribution in [-0.4, -0.2) is 48.0 Å². The number of benzene rings is 1. The molecule has 0 spiro atoms. The van der Waals surface area contributed by atoms with E-state index >= 15 is 0 Å². The summed E-state index contributed by atoms with van der Waals surface area (Å²) in [5, 5.41) is 5.63. The van der Waals surface area contributed by atoms with Gasteiger partial charge in [0, 0.05) is 11.7 Å². The summed E-state index contributed by atoms with van der Waals surface area (Å²) < 4.78 is 10.1. The van der Waals surface area contributed by atoms with Gasteiger partial charge in [-0.2, -0.15) is 0 Å². The van der Waals surface area contributed by atoms with E-state index in [0.29, 0.717) is 22.5 Å². The number of aromatic nitrogens is 1. The lowest BCUT2D eigenvalue weighted by atomic mass is 10.1. The van der Waals surface area contributed by atoms with Gasteiger partial charge in [0.05, 0.1) is 23.4 Å². The van der Waals surface area contributed by atoms with Gasteiger partial charge < -0.3 is 25.1 Å². The average Bonchev–Trinajstić information content (AvgIpc) is 3.39. The van der Waals surface area contributed by atoms with Crippen LogP contribution in [0.1, 0.15) is 75.1 Å². The van der Waals surface area contributed by atoms with Crippen molar-refractivity contribution in [3.8, 4) is 0 Å². The van der Waals surface area contributed by atoms with Crippen molar-refractivity contribution in [2.75, 3.05) is 18.5 Å². The zero-order valence-corrected chi connectivity index (χ0v) is 19.1. The molecule has 1 aliphatic carbocycles. The van der Waals surface area contributed by atoms with Gasteiger partial charge in [-0.05, 0) is 51.3 Å². The maximum absolute atomic E-state index is 12.6. The highest BCUT2D eigenvalue weighted by molar-refractivity contribution is 6.05. The molecule has 0 atom stereocenters. The first-order chi connectivity index (χ1) is 15.8. The van der Waals surface area contributed by atoms with Crippen molar-refractivity contribution >= 4 is 29.4 Å². The van der Waals surface area contributed by atoms with Gasteiger partial charge in [-0.25, -0.2) is 9.59 Å². The van der Waals surface area contributed by atoms with Crippen molar-refractivity contribution in [3.05, 3.63) is 52.3 Å². The molecule has 1 aliphatic rings. The van der Waals surface area contributed by atoms with Crippen molar-refractivity contribution in [1.29, 1.82) is 0 Å². The fourth-order valence-corrected chi connectivity index (χ4v) is 3.98. The van der Waals surface area contributed by atoms with Crippen LogP contribution in [0.2, 0.25) is 0 Å². The summed E-state index contributed by atoms with van der Waals surface area (Å²) >= 11 is 0. The van der Waals surface area contributed by atoms with Crippen molar-refractivity contribution in [2.45, 2.75) is 52.5 Å². The second-order valence-electron chi connectivity index (χ2n) is 7.97. The van der Waals surface area contributed by atoms with Crippen LogP contribution < -0.4 is 10.6 Å². The first-order valence-corrected chi connectivity index (χ1v) is 11.0. The lowest BCUT2D eigenvalue weighted by Gasteiger charge is -2.15. The maximum Gasteiger partial charge on any atom is 0.355 e. The molecule has 176 valence electrons. The highest BCUT2D eigenvalue weighted by atomic mass is 16.5. The summed E-state index contributed by atoms with van der Waals surface area (Å²) in [5.74, 6) is -2.14. The molecule has 3 rings (SSSR count). The van der Waals surface area contributed by atoms with E-state index in [0.717, 1.165) is 25.7 Å². The molecular weight excluding hydrogens is 426 g/mol. The van der Waals surface area contributed by atoms with Gasteiger partial charge in [0.15, 0.2) is 6.61 Å². The van der Waals surface area contributed by atoms with E-state index in [1.54, 1.807) is 45.0 Å². The number of carbonyl (C=O) groups is 4. The minimum absolute atomic E-state index is 0.148. The predicted molar refractivity (Wildman–Crippen MR) is 121 cm³/mol. The van der Waals surface area contributed by atoms with Crippen LogP contribution in [0.3, 0.4) is 0 Å². The number of rotatable bonds is 8. The summed E-state index contributed by atoms with van der Waals surface area (Å²) in [4.78, 5) is 52.5. The lowest BCUT2D eigenvalue weighted by Crippen LogP contribution is -2.33. The summed E-state index contributed by atoms with van der Waals surface area (Å²) in [6, 6.07) is 6.83. The Labute approximate surface area is 192 Å². The normalized spacial score (nSPS) is 13.4. The third kappa shape index (κ3) is 5.79. The number of hydrogen-bond acceptors (Lipinski definition) is 6.